The lowest BCUT2D eigenvalue weighted by molar-refractivity contribution is -0.133. The minimum atomic E-state index is -1.13. The summed E-state index contributed by atoms with van der Waals surface area (Å²) >= 11 is 0. The Morgan fingerprint density at radius 3 is 2.34 bits per heavy atom. The Kier molecular flexibility index (Phi) is 12.1. The van der Waals surface area contributed by atoms with Crippen LogP contribution in [0.15, 0.2) is 59.0 Å². The molecule has 4 N–H and O–H groups in total. The molecule has 3 heterocycles. The van der Waals surface area contributed by atoms with Gasteiger partial charge in [0.1, 0.15) is 17.2 Å². The number of hydrogen-bond donors (Lipinski definition) is 4. The summed E-state index contributed by atoms with van der Waals surface area (Å²) in [5.41, 5.74) is 1.50. The van der Waals surface area contributed by atoms with Gasteiger partial charge < -0.3 is 35.3 Å². The van der Waals surface area contributed by atoms with Crippen LogP contribution in [0.25, 0.3) is 11.0 Å². The third-order valence-electron chi connectivity index (χ3n) is 11.2. The van der Waals surface area contributed by atoms with E-state index in [0.717, 1.165) is 101 Å². The molecule has 270 valence electrons. The van der Waals surface area contributed by atoms with Crippen LogP contribution in [-0.2, 0) is 20.7 Å². The number of benzene rings is 2. The first-order valence-corrected chi connectivity index (χ1v) is 18.9. The molecular weight excluding hydrogens is 630 g/mol. The first-order chi connectivity index (χ1) is 24.4. The number of hydrogen-bond acceptors (Lipinski definition) is 7. The third kappa shape index (κ3) is 8.69. The van der Waals surface area contributed by atoms with Crippen molar-refractivity contribution in [3.05, 3.63) is 65.9 Å². The van der Waals surface area contributed by atoms with E-state index in [1.165, 1.54) is 0 Å². The molecule has 1 saturated carbocycles. The highest BCUT2D eigenvalue weighted by Gasteiger charge is 2.44. The van der Waals surface area contributed by atoms with Crippen molar-refractivity contribution in [2.75, 3.05) is 44.3 Å². The van der Waals surface area contributed by atoms with E-state index in [4.69, 9.17) is 9.15 Å². The number of ether oxygens (including phenoxy) is 1. The van der Waals surface area contributed by atoms with Gasteiger partial charge in [-0.1, -0.05) is 43.2 Å². The van der Waals surface area contributed by atoms with Crippen LogP contribution in [0.3, 0.4) is 0 Å². The number of carbonyl (C=O) groups is 3. The van der Waals surface area contributed by atoms with Crippen LogP contribution in [-0.4, -0.2) is 74.7 Å². The van der Waals surface area contributed by atoms with Crippen molar-refractivity contribution in [2.24, 2.45) is 11.8 Å². The Labute approximate surface area is 296 Å². The number of amides is 3. The summed E-state index contributed by atoms with van der Waals surface area (Å²) in [6.07, 6.45) is 7.92. The summed E-state index contributed by atoms with van der Waals surface area (Å²) in [5.74, 6) is 0.149. The maximum absolute atomic E-state index is 14.3. The molecule has 1 aromatic heterocycles. The predicted molar refractivity (Wildman–Crippen MR) is 196 cm³/mol. The van der Waals surface area contributed by atoms with Crippen molar-refractivity contribution in [1.29, 1.82) is 0 Å². The molecular formula is C40H55N5O5. The molecule has 3 aliphatic rings. The van der Waals surface area contributed by atoms with Gasteiger partial charge in [0.25, 0.3) is 5.91 Å². The summed E-state index contributed by atoms with van der Waals surface area (Å²) in [6.45, 7) is 9.37. The Balaban J connectivity index is 1.20. The molecule has 1 unspecified atom stereocenters. The highest BCUT2D eigenvalue weighted by molar-refractivity contribution is 6.01. The Bertz CT molecular complexity index is 1570. The van der Waals surface area contributed by atoms with Crippen LogP contribution >= 0.6 is 0 Å². The summed E-state index contributed by atoms with van der Waals surface area (Å²) in [7, 11) is 0. The van der Waals surface area contributed by atoms with Gasteiger partial charge in [0, 0.05) is 55.9 Å². The van der Waals surface area contributed by atoms with Crippen LogP contribution in [0.2, 0.25) is 0 Å². The number of anilines is 1. The number of piperidine rings is 1. The van der Waals surface area contributed by atoms with Crippen molar-refractivity contribution in [3.8, 4) is 0 Å². The molecule has 2 aliphatic heterocycles. The quantitative estimate of drug-likeness (QED) is 0.180. The largest absolute Gasteiger partial charge is 0.451 e. The fourth-order valence-electron chi connectivity index (χ4n) is 8.18. The van der Waals surface area contributed by atoms with E-state index in [1.54, 1.807) is 6.07 Å². The van der Waals surface area contributed by atoms with Crippen LogP contribution in [0.1, 0.15) is 87.8 Å². The molecule has 2 aromatic carbocycles. The van der Waals surface area contributed by atoms with Gasteiger partial charge >= 0.3 is 0 Å². The first-order valence-electron chi connectivity index (χ1n) is 18.9. The van der Waals surface area contributed by atoms with Crippen molar-refractivity contribution < 1.29 is 23.5 Å². The molecule has 10 nitrogen and oxygen atoms in total. The SMILES string of the molecule is CCN(CC)c1ccc2cc(C(=O)NC3(C(=O)NC(Cc4ccccc4)C(=O)N[C@H](CC4CCOCC4)C4CCNCC4)CCCC3)oc2c1. The van der Waals surface area contributed by atoms with E-state index >= 15 is 0 Å². The Morgan fingerprint density at radius 1 is 0.920 bits per heavy atom. The summed E-state index contributed by atoms with van der Waals surface area (Å²) < 4.78 is 11.7. The minimum absolute atomic E-state index is 0.0263. The number of nitrogens with one attached hydrogen (secondary N) is 4. The Hall–Kier alpha value is -3.89. The summed E-state index contributed by atoms with van der Waals surface area (Å²) in [4.78, 5) is 44.6. The van der Waals surface area contributed by atoms with E-state index < -0.39 is 17.5 Å². The van der Waals surface area contributed by atoms with E-state index in [1.807, 2.05) is 48.5 Å². The fourth-order valence-corrected chi connectivity index (χ4v) is 8.18. The smallest absolute Gasteiger partial charge is 0.287 e. The second-order valence-electron chi connectivity index (χ2n) is 14.5. The molecule has 0 bridgehead atoms. The maximum Gasteiger partial charge on any atom is 0.287 e. The molecule has 2 saturated heterocycles. The second-order valence-corrected chi connectivity index (χ2v) is 14.5. The third-order valence-corrected chi connectivity index (χ3v) is 11.2. The lowest BCUT2D eigenvalue weighted by atomic mass is 9.82. The van der Waals surface area contributed by atoms with Gasteiger partial charge in [-0.2, -0.15) is 0 Å². The molecule has 10 heteroatoms. The van der Waals surface area contributed by atoms with E-state index in [2.05, 4.69) is 40.0 Å². The highest BCUT2D eigenvalue weighted by atomic mass is 16.5. The molecule has 2 atom stereocenters. The zero-order valence-corrected chi connectivity index (χ0v) is 29.8. The van der Waals surface area contributed by atoms with Crippen molar-refractivity contribution >= 4 is 34.4 Å². The number of fused-ring (bicyclic) bond motifs is 1. The number of furan rings is 1. The van der Waals surface area contributed by atoms with Crippen molar-refractivity contribution in [2.45, 2.75) is 95.7 Å². The number of nitrogens with zero attached hydrogens (tertiary/aromatic N) is 1. The average Bonchev–Trinajstić information content (AvgIpc) is 3.81. The topological polar surface area (TPSA) is 125 Å². The molecule has 1 aliphatic carbocycles. The van der Waals surface area contributed by atoms with Gasteiger partial charge in [-0.25, -0.2) is 0 Å². The molecule has 3 aromatic rings. The van der Waals surface area contributed by atoms with Crippen LogP contribution in [0.5, 0.6) is 0 Å². The minimum Gasteiger partial charge on any atom is -0.451 e. The number of rotatable bonds is 14. The zero-order chi connectivity index (χ0) is 34.9. The first kappa shape index (κ1) is 35.9. The van der Waals surface area contributed by atoms with Crippen LogP contribution in [0, 0.1) is 11.8 Å². The standard InChI is InChI=1S/C40H55N5O5/c1-3-45(4-2)32-13-12-31-26-36(50-35(31)27-32)38(47)44-40(18-8-9-19-40)39(48)43-34(25-28-10-6-5-7-11-28)37(46)42-33(30-14-20-41-21-15-30)24-29-16-22-49-23-17-29/h5-7,10-13,26-27,29-30,33-34,41H,3-4,8-9,14-25H2,1-2H3,(H,42,46)(H,43,48)(H,44,47)/t33-,34?/m1/s1. The maximum atomic E-state index is 14.3. The van der Waals surface area contributed by atoms with Gasteiger partial charge in [0.05, 0.1) is 0 Å². The highest BCUT2D eigenvalue weighted by Crippen LogP contribution is 2.32. The van der Waals surface area contributed by atoms with Crippen molar-refractivity contribution in [3.63, 3.8) is 0 Å². The second kappa shape index (κ2) is 16.9. The molecule has 3 fully saturated rings. The zero-order valence-electron chi connectivity index (χ0n) is 29.8. The molecule has 50 heavy (non-hydrogen) atoms. The van der Waals surface area contributed by atoms with E-state index in [-0.39, 0.29) is 23.6 Å². The van der Waals surface area contributed by atoms with Crippen molar-refractivity contribution in [1.82, 2.24) is 21.3 Å². The summed E-state index contributed by atoms with van der Waals surface area (Å²) in [5, 5.41) is 13.9. The Morgan fingerprint density at radius 2 is 1.64 bits per heavy atom. The summed E-state index contributed by atoms with van der Waals surface area (Å²) in [6, 6.07) is 16.8. The van der Waals surface area contributed by atoms with Crippen LogP contribution < -0.4 is 26.2 Å². The lowest BCUT2D eigenvalue weighted by Crippen LogP contribution is -2.62. The van der Waals surface area contributed by atoms with Gasteiger partial charge in [-0.3, -0.25) is 14.4 Å². The van der Waals surface area contributed by atoms with Crippen LogP contribution in [0.4, 0.5) is 5.69 Å². The normalized spacial score (nSPS) is 19.5. The van der Waals surface area contributed by atoms with E-state index in [9.17, 15) is 14.4 Å². The predicted octanol–water partition coefficient (Wildman–Crippen LogP) is 5.35. The molecule has 6 rings (SSSR count). The fraction of sp³-hybridized carbons (Fsp3) is 0.575. The molecule has 0 radical (unpaired) electrons. The molecule has 3 amide bonds. The van der Waals surface area contributed by atoms with Gasteiger partial charge in [-0.15, -0.1) is 0 Å². The lowest BCUT2D eigenvalue weighted by Gasteiger charge is -2.36. The van der Waals surface area contributed by atoms with Gasteiger partial charge in [-0.05, 0) is 107 Å². The number of carbonyl (C=O) groups excluding carboxylic acids is 3. The van der Waals surface area contributed by atoms with E-state index in [0.29, 0.717) is 36.7 Å². The average molecular weight is 686 g/mol. The van der Waals surface area contributed by atoms with Gasteiger partial charge in [0.2, 0.25) is 11.8 Å². The molecule has 0 spiro atoms. The van der Waals surface area contributed by atoms with Gasteiger partial charge in [0.15, 0.2) is 5.76 Å². The monoisotopic (exact) mass is 685 g/mol.